The van der Waals surface area contributed by atoms with Crippen LogP contribution in [0.4, 0.5) is 0 Å². The van der Waals surface area contributed by atoms with Crippen molar-refractivity contribution in [2.24, 2.45) is 11.7 Å². The number of hydrogen-bond donors (Lipinski definition) is 1. The minimum atomic E-state index is 0.501. The molecule has 5 heteroatoms. The van der Waals surface area contributed by atoms with E-state index < -0.39 is 0 Å². The van der Waals surface area contributed by atoms with Gasteiger partial charge >= 0.3 is 0 Å². The van der Waals surface area contributed by atoms with Crippen molar-refractivity contribution in [2.75, 3.05) is 6.54 Å². The number of pyridine rings is 1. The number of thiophene rings is 1. The lowest BCUT2D eigenvalue weighted by Crippen LogP contribution is -2.23. The molecule has 3 aromatic heterocycles. The molecule has 1 aliphatic rings. The average Bonchev–Trinajstić information content (AvgIpc) is 3.45. The summed E-state index contributed by atoms with van der Waals surface area (Å²) < 4.78 is 2.15. The van der Waals surface area contributed by atoms with Crippen LogP contribution in [0, 0.1) is 5.92 Å². The average molecular weight is 389 g/mol. The van der Waals surface area contributed by atoms with Crippen molar-refractivity contribution in [3.63, 3.8) is 0 Å². The molecule has 0 radical (unpaired) electrons. The Hall–Kier alpha value is -2.50. The monoisotopic (exact) mass is 388 g/mol. The maximum Gasteiger partial charge on any atom is 0.0924 e. The Kier molecular flexibility index (Phi) is 4.71. The summed E-state index contributed by atoms with van der Waals surface area (Å²) >= 11 is 1.72. The van der Waals surface area contributed by atoms with E-state index in [2.05, 4.69) is 64.8 Å². The molecule has 0 amide bonds. The van der Waals surface area contributed by atoms with Gasteiger partial charge in [0, 0.05) is 17.1 Å². The summed E-state index contributed by atoms with van der Waals surface area (Å²) in [5.41, 5.74) is 10.0. The Bertz CT molecular complexity index is 1080. The maximum atomic E-state index is 5.83. The molecular weight excluding hydrogens is 364 g/mol. The Labute approximate surface area is 169 Å². The molecule has 4 nitrogen and oxygen atoms in total. The van der Waals surface area contributed by atoms with E-state index in [-0.39, 0.29) is 0 Å². The van der Waals surface area contributed by atoms with Gasteiger partial charge in [0.05, 0.1) is 27.8 Å². The molecule has 0 saturated heterocycles. The van der Waals surface area contributed by atoms with Crippen LogP contribution < -0.4 is 5.73 Å². The van der Waals surface area contributed by atoms with E-state index in [9.17, 15) is 0 Å². The largest absolute Gasteiger partial charge is 0.330 e. The molecule has 0 atom stereocenters. The third-order valence-corrected chi connectivity index (χ3v) is 6.79. The van der Waals surface area contributed by atoms with Crippen LogP contribution in [-0.4, -0.2) is 21.3 Å². The van der Waals surface area contributed by atoms with Gasteiger partial charge in [0.1, 0.15) is 0 Å². The van der Waals surface area contributed by atoms with Crippen LogP contribution in [0.3, 0.4) is 0 Å². The van der Waals surface area contributed by atoms with E-state index in [1.807, 2.05) is 0 Å². The number of aromatic nitrogens is 3. The lowest BCUT2D eigenvalue weighted by molar-refractivity contribution is 0.265. The highest BCUT2D eigenvalue weighted by molar-refractivity contribution is 7.13. The van der Waals surface area contributed by atoms with E-state index in [0.717, 1.165) is 34.4 Å². The van der Waals surface area contributed by atoms with Crippen molar-refractivity contribution in [1.29, 1.82) is 0 Å². The summed E-state index contributed by atoms with van der Waals surface area (Å²) in [6.45, 7) is 0.814. The first-order valence-corrected chi connectivity index (χ1v) is 10.9. The zero-order valence-electron chi connectivity index (χ0n) is 15.8. The number of nitrogens with zero attached hydrogens (tertiary/aromatic N) is 3. The fourth-order valence-corrected chi connectivity index (χ4v) is 4.87. The molecule has 0 bridgehead atoms. The van der Waals surface area contributed by atoms with Gasteiger partial charge in [-0.05, 0) is 67.8 Å². The first kappa shape index (κ1) is 17.6. The molecule has 3 heterocycles. The summed E-state index contributed by atoms with van der Waals surface area (Å²) in [6.07, 6.45) is 6.89. The molecule has 1 fully saturated rings. The molecule has 0 spiro atoms. The predicted molar refractivity (Wildman–Crippen MR) is 116 cm³/mol. The van der Waals surface area contributed by atoms with Crippen LogP contribution >= 0.6 is 11.3 Å². The fraction of sp³-hybridized carbons (Fsp3) is 0.304. The minimum Gasteiger partial charge on any atom is -0.330 e. The second-order valence-electron chi connectivity index (χ2n) is 7.67. The number of nitrogens with two attached hydrogens (primary N) is 1. The first-order chi connectivity index (χ1) is 13.8. The second kappa shape index (κ2) is 7.49. The summed E-state index contributed by atoms with van der Waals surface area (Å²) in [5.74, 6) is 0.690. The van der Waals surface area contributed by atoms with E-state index in [1.54, 1.807) is 11.3 Å². The van der Waals surface area contributed by atoms with Crippen molar-refractivity contribution in [3.05, 3.63) is 60.1 Å². The van der Waals surface area contributed by atoms with Crippen molar-refractivity contribution in [2.45, 2.75) is 31.7 Å². The van der Waals surface area contributed by atoms with Crippen LogP contribution in [0.1, 0.15) is 31.7 Å². The van der Waals surface area contributed by atoms with Crippen molar-refractivity contribution < 1.29 is 0 Å². The highest BCUT2D eigenvalue weighted by Gasteiger charge is 2.22. The minimum absolute atomic E-state index is 0.501. The molecule has 5 rings (SSSR count). The summed E-state index contributed by atoms with van der Waals surface area (Å²) in [5, 5.41) is 8.14. The van der Waals surface area contributed by atoms with Gasteiger partial charge in [-0.25, -0.2) is 4.98 Å². The Balaban J connectivity index is 1.42. The summed E-state index contributed by atoms with van der Waals surface area (Å²) in [6, 6.07) is 17.5. The summed E-state index contributed by atoms with van der Waals surface area (Å²) in [4.78, 5) is 6.08. The number of hydrogen-bond acceptors (Lipinski definition) is 4. The molecule has 4 aromatic rings. The van der Waals surface area contributed by atoms with E-state index in [4.69, 9.17) is 15.8 Å². The van der Waals surface area contributed by atoms with Gasteiger partial charge in [-0.2, -0.15) is 5.10 Å². The van der Waals surface area contributed by atoms with Crippen molar-refractivity contribution in [3.8, 4) is 21.8 Å². The van der Waals surface area contributed by atoms with Gasteiger partial charge in [0.15, 0.2) is 0 Å². The molecule has 2 N–H and O–H groups in total. The van der Waals surface area contributed by atoms with Gasteiger partial charge in [-0.15, -0.1) is 11.3 Å². The smallest absolute Gasteiger partial charge is 0.0924 e. The zero-order valence-corrected chi connectivity index (χ0v) is 16.6. The van der Waals surface area contributed by atoms with Crippen LogP contribution in [0.15, 0.2) is 60.1 Å². The highest BCUT2D eigenvalue weighted by atomic mass is 32.1. The quantitative estimate of drug-likeness (QED) is 0.501. The Morgan fingerprint density at radius 2 is 1.86 bits per heavy atom. The third-order valence-electron chi connectivity index (χ3n) is 5.89. The SMILES string of the molecule is NCC1CCC(n2ccc(-c3ccc4ccc(-c5cccs5)nc4c3)n2)CC1. The Morgan fingerprint density at radius 3 is 2.64 bits per heavy atom. The fourth-order valence-electron chi connectivity index (χ4n) is 4.18. The lowest BCUT2D eigenvalue weighted by Gasteiger charge is -2.27. The molecule has 28 heavy (non-hydrogen) atoms. The van der Waals surface area contributed by atoms with Crippen LogP contribution in [0.2, 0.25) is 0 Å². The van der Waals surface area contributed by atoms with Crippen LogP contribution in [0.25, 0.3) is 32.7 Å². The van der Waals surface area contributed by atoms with Gasteiger partial charge < -0.3 is 5.73 Å². The van der Waals surface area contributed by atoms with Crippen LogP contribution in [-0.2, 0) is 0 Å². The van der Waals surface area contributed by atoms with Gasteiger partial charge in [-0.1, -0.05) is 24.3 Å². The van der Waals surface area contributed by atoms with Gasteiger partial charge in [0.25, 0.3) is 0 Å². The zero-order chi connectivity index (χ0) is 18.9. The summed E-state index contributed by atoms with van der Waals surface area (Å²) in [7, 11) is 0. The molecule has 0 unspecified atom stereocenters. The molecule has 0 aliphatic heterocycles. The number of fused-ring (bicyclic) bond motifs is 1. The molecular formula is C23H24N4S. The van der Waals surface area contributed by atoms with E-state index in [0.29, 0.717) is 12.0 Å². The maximum absolute atomic E-state index is 5.83. The highest BCUT2D eigenvalue weighted by Crippen LogP contribution is 2.32. The van der Waals surface area contributed by atoms with E-state index in [1.165, 1.54) is 30.6 Å². The Morgan fingerprint density at radius 1 is 1.00 bits per heavy atom. The van der Waals surface area contributed by atoms with E-state index >= 15 is 0 Å². The topological polar surface area (TPSA) is 56.7 Å². The molecule has 1 saturated carbocycles. The molecule has 142 valence electrons. The van der Waals surface area contributed by atoms with Crippen molar-refractivity contribution >= 4 is 22.2 Å². The lowest BCUT2D eigenvalue weighted by atomic mass is 9.86. The van der Waals surface area contributed by atoms with Crippen molar-refractivity contribution in [1.82, 2.24) is 14.8 Å². The normalized spacial score (nSPS) is 19.9. The van der Waals surface area contributed by atoms with Gasteiger partial charge in [0.2, 0.25) is 0 Å². The molecule has 1 aromatic carbocycles. The second-order valence-corrected chi connectivity index (χ2v) is 8.62. The predicted octanol–water partition coefficient (Wildman–Crippen LogP) is 5.52. The van der Waals surface area contributed by atoms with Crippen LogP contribution in [0.5, 0.6) is 0 Å². The standard InChI is InChI=1S/C23H24N4S/c24-15-16-3-8-19(9-4-16)27-12-11-20(26-27)18-6-5-17-7-10-21(25-22(17)14-18)23-2-1-13-28-23/h1-2,5-7,10-14,16,19H,3-4,8-9,15,24H2. The molecule has 1 aliphatic carbocycles. The van der Waals surface area contributed by atoms with Gasteiger partial charge in [-0.3, -0.25) is 4.68 Å². The number of rotatable bonds is 4. The number of benzene rings is 1. The first-order valence-electron chi connectivity index (χ1n) is 10.0. The third kappa shape index (κ3) is 3.36.